The first-order valence-corrected chi connectivity index (χ1v) is 6.87. The molecule has 0 aromatic heterocycles. The van der Waals surface area contributed by atoms with E-state index in [0.717, 1.165) is 6.42 Å². The summed E-state index contributed by atoms with van der Waals surface area (Å²) in [6.45, 7) is 5.71. The van der Waals surface area contributed by atoms with Crippen molar-refractivity contribution in [1.82, 2.24) is 10.6 Å². The van der Waals surface area contributed by atoms with E-state index in [-0.39, 0.29) is 23.9 Å². The van der Waals surface area contributed by atoms with Crippen LogP contribution in [0.15, 0.2) is 24.3 Å². The van der Waals surface area contributed by atoms with Crippen LogP contribution in [0.5, 0.6) is 0 Å². The number of nitrogens with one attached hydrogen (secondary N) is 3. The second kappa shape index (κ2) is 7.65. The fourth-order valence-corrected chi connectivity index (χ4v) is 1.57. The van der Waals surface area contributed by atoms with Gasteiger partial charge in [0.2, 0.25) is 5.91 Å². The lowest BCUT2D eigenvalue weighted by atomic mass is 10.1. The van der Waals surface area contributed by atoms with Crippen LogP contribution >= 0.6 is 0 Å². The Bertz CT molecular complexity index is 474. The molecule has 110 valence electrons. The number of rotatable bonds is 6. The molecule has 20 heavy (non-hydrogen) atoms. The average molecular weight is 277 g/mol. The van der Waals surface area contributed by atoms with Gasteiger partial charge >= 0.3 is 0 Å². The number of para-hydroxylation sites is 1. The SMILES string of the molecule is CCC(C)NC(=O)c1ccccc1NC(=O)C(C)NC. The first-order chi connectivity index (χ1) is 9.49. The van der Waals surface area contributed by atoms with E-state index >= 15 is 0 Å². The van der Waals surface area contributed by atoms with Crippen LogP contribution in [-0.2, 0) is 4.79 Å². The minimum Gasteiger partial charge on any atom is -0.350 e. The molecule has 0 aliphatic rings. The van der Waals surface area contributed by atoms with Crippen molar-refractivity contribution in [3.8, 4) is 0 Å². The van der Waals surface area contributed by atoms with Crippen LogP contribution < -0.4 is 16.0 Å². The van der Waals surface area contributed by atoms with Gasteiger partial charge in [-0.1, -0.05) is 19.1 Å². The van der Waals surface area contributed by atoms with E-state index < -0.39 is 0 Å². The first kappa shape index (κ1) is 16.2. The lowest BCUT2D eigenvalue weighted by Gasteiger charge is -2.16. The van der Waals surface area contributed by atoms with Crippen LogP contribution in [0.2, 0.25) is 0 Å². The Kier molecular flexibility index (Phi) is 6.18. The van der Waals surface area contributed by atoms with Gasteiger partial charge < -0.3 is 16.0 Å². The molecule has 0 heterocycles. The molecule has 2 atom stereocenters. The van der Waals surface area contributed by atoms with Crippen LogP contribution in [0, 0.1) is 0 Å². The topological polar surface area (TPSA) is 70.2 Å². The van der Waals surface area contributed by atoms with Crippen molar-refractivity contribution in [2.75, 3.05) is 12.4 Å². The van der Waals surface area contributed by atoms with Crippen molar-refractivity contribution in [3.05, 3.63) is 29.8 Å². The van der Waals surface area contributed by atoms with Crippen LogP contribution in [0.3, 0.4) is 0 Å². The average Bonchev–Trinajstić information content (AvgIpc) is 2.46. The van der Waals surface area contributed by atoms with E-state index in [0.29, 0.717) is 11.3 Å². The van der Waals surface area contributed by atoms with Gasteiger partial charge in [-0.25, -0.2) is 0 Å². The zero-order valence-corrected chi connectivity index (χ0v) is 12.5. The molecule has 0 radical (unpaired) electrons. The highest BCUT2D eigenvalue weighted by atomic mass is 16.2. The fraction of sp³-hybridized carbons (Fsp3) is 0.467. The summed E-state index contributed by atoms with van der Waals surface area (Å²) in [4.78, 5) is 24.1. The summed E-state index contributed by atoms with van der Waals surface area (Å²) >= 11 is 0. The quantitative estimate of drug-likeness (QED) is 0.742. The van der Waals surface area contributed by atoms with Gasteiger partial charge in [0, 0.05) is 6.04 Å². The minimum atomic E-state index is -0.319. The third-order valence-corrected chi connectivity index (χ3v) is 3.25. The largest absolute Gasteiger partial charge is 0.350 e. The Hall–Kier alpha value is -1.88. The van der Waals surface area contributed by atoms with Crippen LogP contribution in [-0.4, -0.2) is 30.9 Å². The van der Waals surface area contributed by atoms with E-state index in [1.165, 1.54) is 0 Å². The molecule has 5 nitrogen and oxygen atoms in total. The molecule has 0 aliphatic carbocycles. The smallest absolute Gasteiger partial charge is 0.253 e. The highest BCUT2D eigenvalue weighted by Crippen LogP contribution is 2.15. The monoisotopic (exact) mass is 277 g/mol. The molecule has 2 unspecified atom stereocenters. The normalized spacial score (nSPS) is 13.4. The highest BCUT2D eigenvalue weighted by Gasteiger charge is 2.16. The van der Waals surface area contributed by atoms with Crippen molar-refractivity contribution in [2.24, 2.45) is 0 Å². The first-order valence-electron chi connectivity index (χ1n) is 6.87. The maximum atomic E-state index is 12.2. The molecule has 0 spiro atoms. The maximum absolute atomic E-state index is 12.2. The predicted octanol–water partition coefficient (Wildman–Crippen LogP) is 1.76. The number of benzene rings is 1. The number of carbonyl (C=O) groups is 2. The molecular formula is C15H23N3O2. The minimum absolute atomic E-state index is 0.0995. The maximum Gasteiger partial charge on any atom is 0.253 e. The molecule has 5 heteroatoms. The van der Waals surface area contributed by atoms with Gasteiger partial charge in [-0.3, -0.25) is 9.59 Å². The molecular weight excluding hydrogens is 254 g/mol. The van der Waals surface area contributed by atoms with E-state index in [1.54, 1.807) is 38.2 Å². The van der Waals surface area contributed by atoms with Gasteiger partial charge in [-0.15, -0.1) is 0 Å². The Morgan fingerprint density at radius 1 is 1.20 bits per heavy atom. The molecule has 1 rings (SSSR count). The molecule has 1 aromatic carbocycles. The van der Waals surface area contributed by atoms with Gasteiger partial charge in [0.15, 0.2) is 0 Å². The summed E-state index contributed by atoms with van der Waals surface area (Å²) in [5, 5.41) is 8.53. The third kappa shape index (κ3) is 4.35. The zero-order chi connectivity index (χ0) is 15.1. The number of hydrogen-bond acceptors (Lipinski definition) is 3. The van der Waals surface area contributed by atoms with E-state index in [4.69, 9.17) is 0 Å². The number of amides is 2. The Morgan fingerprint density at radius 3 is 2.45 bits per heavy atom. The Morgan fingerprint density at radius 2 is 1.85 bits per heavy atom. The standard InChI is InChI=1S/C15H23N3O2/c1-5-10(2)17-15(20)12-8-6-7-9-13(12)18-14(19)11(3)16-4/h6-11,16H,5H2,1-4H3,(H,17,20)(H,18,19). The molecule has 0 fully saturated rings. The van der Waals surface area contributed by atoms with Crippen molar-refractivity contribution < 1.29 is 9.59 Å². The number of hydrogen-bond donors (Lipinski definition) is 3. The summed E-state index contributed by atoms with van der Waals surface area (Å²) in [7, 11) is 1.71. The molecule has 2 amide bonds. The molecule has 0 saturated heterocycles. The second-order valence-electron chi connectivity index (χ2n) is 4.83. The molecule has 0 saturated carbocycles. The van der Waals surface area contributed by atoms with Crippen molar-refractivity contribution in [3.63, 3.8) is 0 Å². The van der Waals surface area contributed by atoms with Crippen LogP contribution in [0.4, 0.5) is 5.69 Å². The third-order valence-electron chi connectivity index (χ3n) is 3.25. The summed E-state index contributed by atoms with van der Waals surface area (Å²) in [6.07, 6.45) is 0.858. The molecule has 3 N–H and O–H groups in total. The van der Waals surface area contributed by atoms with Crippen molar-refractivity contribution in [2.45, 2.75) is 39.3 Å². The molecule has 0 aliphatic heterocycles. The summed E-state index contributed by atoms with van der Waals surface area (Å²) < 4.78 is 0. The molecule has 0 bridgehead atoms. The second-order valence-corrected chi connectivity index (χ2v) is 4.83. The number of anilines is 1. The van der Waals surface area contributed by atoms with E-state index in [2.05, 4.69) is 16.0 Å². The zero-order valence-electron chi connectivity index (χ0n) is 12.5. The molecule has 1 aromatic rings. The van der Waals surface area contributed by atoms with Gasteiger partial charge in [0.1, 0.15) is 0 Å². The summed E-state index contributed by atoms with van der Waals surface area (Å²) in [6, 6.07) is 6.79. The lowest BCUT2D eigenvalue weighted by molar-refractivity contribution is -0.117. The van der Waals surface area contributed by atoms with E-state index in [1.807, 2.05) is 13.8 Å². The summed E-state index contributed by atoms with van der Waals surface area (Å²) in [5.41, 5.74) is 1.00. The van der Waals surface area contributed by atoms with Gasteiger partial charge in [0.05, 0.1) is 17.3 Å². The van der Waals surface area contributed by atoms with Crippen molar-refractivity contribution in [1.29, 1.82) is 0 Å². The van der Waals surface area contributed by atoms with Gasteiger partial charge in [0.25, 0.3) is 5.91 Å². The van der Waals surface area contributed by atoms with Crippen LogP contribution in [0.25, 0.3) is 0 Å². The highest BCUT2D eigenvalue weighted by molar-refractivity contribution is 6.04. The van der Waals surface area contributed by atoms with E-state index in [9.17, 15) is 9.59 Å². The number of carbonyl (C=O) groups excluding carboxylic acids is 2. The predicted molar refractivity (Wildman–Crippen MR) is 80.8 cm³/mol. The van der Waals surface area contributed by atoms with Crippen LogP contribution in [0.1, 0.15) is 37.6 Å². The van der Waals surface area contributed by atoms with Gasteiger partial charge in [-0.2, -0.15) is 0 Å². The Labute approximate surface area is 120 Å². The lowest BCUT2D eigenvalue weighted by Crippen LogP contribution is -2.37. The van der Waals surface area contributed by atoms with Gasteiger partial charge in [-0.05, 0) is 39.4 Å². The summed E-state index contributed by atoms with van der Waals surface area (Å²) in [5.74, 6) is -0.344. The fourth-order valence-electron chi connectivity index (χ4n) is 1.57. The Balaban J connectivity index is 2.88. The van der Waals surface area contributed by atoms with Crippen molar-refractivity contribution >= 4 is 17.5 Å². The number of likely N-dealkylation sites (N-methyl/N-ethyl adjacent to an activating group) is 1.